The molecular weight excluding hydrogens is 448 g/mol. The minimum Gasteiger partial charge on any atom is -0.303 e. The molecule has 0 aromatic heterocycles. The number of rotatable bonds is 8. The van der Waals surface area contributed by atoms with Gasteiger partial charge in [0.25, 0.3) is 0 Å². The predicted molar refractivity (Wildman–Crippen MR) is 158 cm³/mol. The van der Waals surface area contributed by atoms with Gasteiger partial charge < -0.3 is 4.79 Å². The Morgan fingerprint density at radius 2 is 1.11 bits per heavy atom. The van der Waals surface area contributed by atoms with Gasteiger partial charge in [0.05, 0.1) is 0 Å². The minimum atomic E-state index is 0.499. The lowest BCUT2D eigenvalue weighted by Gasteiger charge is -2.26. The molecule has 3 aromatic rings. The van der Waals surface area contributed by atoms with Crippen molar-refractivity contribution in [3.63, 3.8) is 0 Å². The van der Waals surface area contributed by atoms with Crippen LogP contribution in [0.15, 0.2) is 36.4 Å². The van der Waals surface area contributed by atoms with E-state index >= 15 is 0 Å². The van der Waals surface area contributed by atoms with E-state index in [2.05, 4.69) is 84.9 Å². The Hall–Kier alpha value is -2.67. The predicted octanol–water partition coefficient (Wildman–Crippen LogP) is 8.83. The molecule has 1 nitrogen and oxygen atoms in total. The molecule has 196 valence electrons. The fraction of sp³-hybridized carbons (Fsp3) is 0.472. The second-order valence-electron chi connectivity index (χ2n) is 12.0. The number of benzene rings is 3. The molecule has 3 aromatic carbocycles. The Balaban J connectivity index is 1.53. The van der Waals surface area contributed by atoms with E-state index in [9.17, 15) is 4.79 Å². The largest absolute Gasteiger partial charge is 0.303 e. The Morgan fingerprint density at radius 1 is 0.622 bits per heavy atom. The summed E-state index contributed by atoms with van der Waals surface area (Å²) in [6.07, 6.45) is 10.3. The molecule has 1 fully saturated rings. The van der Waals surface area contributed by atoms with Gasteiger partial charge in [0.1, 0.15) is 6.29 Å². The van der Waals surface area contributed by atoms with Crippen LogP contribution in [0.5, 0.6) is 0 Å². The lowest BCUT2D eigenvalue weighted by molar-refractivity contribution is -0.107. The zero-order valence-corrected chi connectivity index (χ0v) is 24.3. The van der Waals surface area contributed by atoms with Gasteiger partial charge in [0, 0.05) is 6.42 Å². The van der Waals surface area contributed by atoms with Crippen molar-refractivity contribution in [3.05, 3.63) is 103 Å². The number of carbonyl (C=O) groups excluding carboxylic acids is 1. The van der Waals surface area contributed by atoms with Gasteiger partial charge in [-0.3, -0.25) is 0 Å². The van der Waals surface area contributed by atoms with E-state index in [1.165, 1.54) is 93.3 Å². The molecule has 0 saturated heterocycles. The first-order chi connectivity index (χ1) is 17.7. The third kappa shape index (κ3) is 6.08. The van der Waals surface area contributed by atoms with Crippen molar-refractivity contribution in [2.24, 2.45) is 11.8 Å². The van der Waals surface area contributed by atoms with Gasteiger partial charge in [-0.15, -0.1) is 0 Å². The molecule has 0 aliphatic heterocycles. The van der Waals surface area contributed by atoms with Gasteiger partial charge in [-0.2, -0.15) is 0 Å². The first kappa shape index (κ1) is 27.4. The van der Waals surface area contributed by atoms with Crippen LogP contribution < -0.4 is 0 Å². The van der Waals surface area contributed by atoms with Crippen LogP contribution in [0.4, 0.5) is 0 Å². The van der Waals surface area contributed by atoms with E-state index < -0.39 is 0 Å². The van der Waals surface area contributed by atoms with E-state index in [4.69, 9.17) is 0 Å². The van der Waals surface area contributed by atoms with Crippen LogP contribution >= 0.6 is 0 Å². The average molecular weight is 495 g/mol. The summed E-state index contributed by atoms with van der Waals surface area (Å²) >= 11 is 0. The third-order valence-electron chi connectivity index (χ3n) is 9.68. The van der Waals surface area contributed by atoms with Gasteiger partial charge in [0.2, 0.25) is 0 Å². The fourth-order valence-corrected chi connectivity index (χ4v) is 6.49. The quantitative estimate of drug-likeness (QED) is 0.286. The van der Waals surface area contributed by atoms with E-state index in [0.717, 1.165) is 36.5 Å². The Morgan fingerprint density at radius 3 is 1.68 bits per heavy atom. The van der Waals surface area contributed by atoms with Crippen LogP contribution in [0.25, 0.3) is 0 Å². The fourth-order valence-electron chi connectivity index (χ4n) is 6.49. The van der Waals surface area contributed by atoms with Crippen molar-refractivity contribution in [2.75, 3.05) is 0 Å². The summed E-state index contributed by atoms with van der Waals surface area (Å²) in [5.74, 6) is 1.79. The smallest absolute Gasteiger partial charge is 0.124 e. The lowest BCUT2D eigenvalue weighted by atomic mass is 9.80. The Bertz CT molecular complexity index is 1220. The molecule has 0 unspecified atom stereocenters. The van der Waals surface area contributed by atoms with Gasteiger partial charge in [-0.05, 0) is 152 Å². The monoisotopic (exact) mass is 494 g/mol. The number of hydrogen-bond acceptors (Lipinski definition) is 1. The van der Waals surface area contributed by atoms with Gasteiger partial charge in [0.15, 0.2) is 0 Å². The van der Waals surface area contributed by atoms with Crippen molar-refractivity contribution < 1.29 is 4.79 Å². The second kappa shape index (κ2) is 11.8. The van der Waals surface area contributed by atoms with Gasteiger partial charge >= 0.3 is 0 Å². The van der Waals surface area contributed by atoms with Crippen LogP contribution in [-0.2, 0) is 30.5 Å². The molecule has 1 heteroatoms. The maximum Gasteiger partial charge on any atom is 0.124 e. The summed E-state index contributed by atoms with van der Waals surface area (Å²) < 4.78 is 0. The first-order valence-corrected chi connectivity index (χ1v) is 14.4. The molecule has 0 amide bonds. The van der Waals surface area contributed by atoms with Crippen molar-refractivity contribution in [1.82, 2.24) is 0 Å². The molecule has 0 atom stereocenters. The molecule has 1 saturated carbocycles. The van der Waals surface area contributed by atoms with Crippen LogP contribution in [0, 0.1) is 53.4 Å². The highest BCUT2D eigenvalue weighted by Gasteiger charge is 2.19. The molecule has 37 heavy (non-hydrogen) atoms. The summed E-state index contributed by atoms with van der Waals surface area (Å²) in [4.78, 5) is 11.0. The molecule has 4 rings (SSSR count). The van der Waals surface area contributed by atoms with Crippen LogP contribution in [-0.4, -0.2) is 6.29 Å². The van der Waals surface area contributed by atoms with Crippen LogP contribution in [0.1, 0.15) is 99.4 Å². The molecule has 0 N–H and O–H groups in total. The van der Waals surface area contributed by atoms with E-state index in [0.29, 0.717) is 6.42 Å². The zero-order valence-electron chi connectivity index (χ0n) is 24.3. The first-order valence-electron chi connectivity index (χ1n) is 14.4. The van der Waals surface area contributed by atoms with Crippen LogP contribution in [0.2, 0.25) is 0 Å². The van der Waals surface area contributed by atoms with Crippen molar-refractivity contribution in [3.8, 4) is 0 Å². The van der Waals surface area contributed by atoms with Crippen molar-refractivity contribution >= 4 is 6.29 Å². The zero-order chi connectivity index (χ0) is 26.7. The highest BCUT2D eigenvalue weighted by atomic mass is 16.1. The average Bonchev–Trinajstić information content (AvgIpc) is 2.89. The Labute approximate surface area is 225 Å². The van der Waals surface area contributed by atoms with E-state index in [-0.39, 0.29) is 0 Å². The number of aldehydes is 1. The maximum atomic E-state index is 11.0. The van der Waals surface area contributed by atoms with Crippen LogP contribution in [0.3, 0.4) is 0 Å². The standard InChI is InChI=1S/C36H46O/c1-23-8-10-30(11-9-23)20-31-12-14-32(15-13-31)21-35-26(4)28(6)36(29(7)27(35)5)22-34-17-16-33(18-19-37)24(2)25(34)3/h12-17,19,23,30H,8-11,18,20-22H2,1-7H3. The molecule has 1 aliphatic carbocycles. The SMILES string of the molecule is Cc1c(CC=O)ccc(Cc2c(C)c(C)c(Cc3ccc(CC4CCC(C)CC4)cc3)c(C)c2C)c1C. The molecule has 1 aliphatic rings. The number of carbonyl (C=O) groups is 1. The summed E-state index contributed by atoms with van der Waals surface area (Å²) in [5.41, 5.74) is 16.7. The summed E-state index contributed by atoms with van der Waals surface area (Å²) in [6.45, 7) is 16.0. The molecule has 0 radical (unpaired) electrons. The van der Waals surface area contributed by atoms with E-state index in [1.54, 1.807) is 0 Å². The Kier molecular flexibility index (Phi) is 8.73. The molecule has 0 heterocycles. The van der Waals surface area contributed by atoms with Crippen molar-refractivity contribution in [1.29, 1.82) is 0 Å². The highest BCUT2D eigenvalue weighted by Crippen LogP contribution is 2.33. The summed E-state index contributed by atoms with van der Waals surface area (Å²) in [7, 11) is 0. The minimum absolute atomic E-state index is 0.499. The molecular formula is C36H46O. The second-order valence-corrected chi connectivity index (χ2v) is 12.0. The summed E-state index contributed by atoms with van der Waals surface area (Å²) in [5, 5.41) is 0. The topological polar surface area (TPSA) is 17.1 Å². The number of hydrogen-bond donors (Lipinski definition) is 0. The molecule has 0 spiro atoms. The highest BCUT2D eigenvalue weighted by molar-refractivity contribution is 5.58. The maximum absolute atomic E-state index is 11.0. The normalized spacial score (nSPS) is 17.7. The van der Waals surface area contributed by atoms with Gasteiger partial charge in [-0.1, -0.05) is 56.2 Å². The summed E-state index contributed by atoms with van der Waals surface area (Å²) in [6, 6.07) is 13.9. The lowest BCUT2D eigenvalue weighted by Crippen LogP contribution is -2.14. The van der Waals surface area contributed by atoms with E-state index in [1.807, 2.05) is 0 Å². The third-order valence-corrected chi connectivity index (χ3v) is 9.68. The molecule has 0 bridgehead atoms. The van der Waals surface area contributed by atoms with Gasteiger partial charge in [-0.25, -0.2) is 0 Å². The van der Waals surface area contributed by atoms with Crippen molar-refractivity contribution in [2.45, 2.75) is 99.8 Å².